The molecule has 6 nitrogen and oxygen atoms in total. The van der Waals surface area contributed by atoms with Crippen molar-refractivity contribution in [3.8, 4) is 0 Å². The normalized spacial score (nSPS) is 22.6. The Morgan fingerprint density at radius 1 is 1.30 bits per heavy atom. The lowest BCUT2D eigenvalue weighted by atomic mass is 9.89. The molecule has 1 aliphatic heterocycles. The zero-order chi connectivity index (χ0) is 16.4. The summed E-state index contributed by atoms with van der Waals surface area (Å²) in [6.45, 7) is 4.94. The lowest BCUT2D eigenvalue weighted by Gasteiger charge is -2.27. The van der Waals surface area contributed by atoms with Crippen molar-refractivity contribution in [2.75, 3.05) is 13.1 Å². The Labute approximate surface area is 136 Å². The number of likely N-dealkylation sites (tertiary alicyclic amines) is 1. The van der Waals surface area contributed by atoms with E-state index in [2.05, 4.69) is 10.5 Å². The monoisotopic (exact) mass is 319 g/mol. The van der Waals surface area contributed by atoms with Crippen LogP contribution < -0.4 is 5.32 Å². The van der Waals surface area contributed by atoms with E-state index in [1.165, 1.54) is 32.1 Å². The van der Waals surface area contributed by atoms with E-state index in [1.54, 1.807) is 13.8 Å². The highest BCUT2D eigenvalue weighted by atomic mass is 16.5. The first-order valence-corrected chi connectivity index (χ1v) is 8.56. The van der Waals surface area contributed by atoms with Crippen LogP contribution in [-0.4, -0.2) is 41.0 Å². The molecule has 0 bridgehead atoms. The fourth-order valence-corrected chi connectivity index (χ4v) is 3.79. The first-order chi connectivity index (χ1) is 11.0. The van der Waals surface area contributed by atoms with E-state index in [9.17, 15) is 9.59 Å². The highest BCUT2D eigenvalue weighted by Gasteiger charge is 2.33. The number of hydrogen-bond donors (Lipinski definition) is 1. The van der Waals surface area contributed by atoms with Gasteiger partial charge < -0.3 is 14.7 Å². The summed E-state index contributed by atoms with van der Waals surface area (Å²) in [6, 6.07) is -0.118. The van der Waals surface area contributed by atoms with Crippen LogP contribution in [0.5, 0.6) is 0 Å². The Morgan fingerprint density at radius 3 is 2.70 bits per heavy atom. The molecule has 1 atom stereocenters. The van der Waals surface area contributed by atoms with Gasteiger partial charge in [-0.2, -0.15) is 0 Å². The highest BCUT2D eigenvalue weighted by Crippen LogP contribution is 2.26. The minimum absolute atomic E-state index is 0.118. The molecule has 2 amide bonds. The summed E-state index contributed by atoms with van der Waals surface area (Å²) >= 11 is 0. The standard InChI is InChI=1S/C17H25N3O3/c1-11-16(12(2)23-19-11)17(22)18-14-8-15(21)20(10-14)9-13-6-4-3-5-7-13/h13-14H,3-10H2,1-2H3,(H,18,22). The second-order valence-corrected chi connectivity index (χ2v) is 6.88. The van der Waals surface area contributed by atoms with Crippen molar-refractivity contribution >= 4 is 11.8 Å². The Bertz CT molecular complexity index is 570. The van der Waals surface area contributed by atoms with Gasteiger partial charge >= 0.3 is 0 Å². The number of nitrogens with one attached hydrogen (secondary N) is 1. The van der Waals surface area contributed by atoms with Crippen LogP contribution in [0.3, 0.4) is 0 Å². The van der Waals surface area contributed by atoms with Gasteiger partial charge in [0.1, 0.15) is 11.3 Å². The van der Waals surface area contributed by atoms with E-state index in [0.29, 0.717) is 35.9 Å². The predicted octanol–water partition coefficient (Wildman–Crippen LogP) is 2.20. The van der Waals surface area contributed by atoms with Crippen molar-refractivity contribution in [1.29, 1.82) is 0 Å². The summed E-state index contributed by atoms with van der Waals surface area (Å²) < 4.78 is 5.04. The summed E-state index contributed by atoms with van der Waals surface area (Å²) in [6.07, 6.45) is 6.71. The Kier molecular flexibility index (Phi) is 4.68. The summed E-state index contributed by atoms with van der Waals surface area (Å²) in [7, 11) is 0. The van der Waals surface area contributed by atoms with Gasteiger partial charge in [0, 0.05) is 19.5 Å². The second-order valence-electron chi connectivity index (χ2n) is 6.88. The molecule has 0 spiro atoms. The molecule has 2 fully saturated rings. The molecule has 126 valence electrons. The second kappa shape index (κ2) is 6.72. The topological polar surface area (TPSA) is 75.4 Å². The number of carbonyl (C=O) groups excluding carboxylic acids is 2. The van der Waals surface area contributed by atoms with E-state index in [0.717, 1.165) is 6.54 Å². The maximum Gasteiger partial charge on any atom is 0.257 e. The molecule has 1 saturated carbocycles. The fraction of sp³-hybridized carbons (Fsp3) is 0.706. The summed E-state index contributed by atoms with van der Waals surface area (Å²) in [4.78, 5) is 26.5. The van der Waals surface area contributed by atoms with E-state index in [4.69, 9.17) is 4.52 Å². The van der Waals surface area contributed by atoms with Crippen molar-refractivity contribution in [3.05, 3.63) is 17.0 Å². The molecule has 1 saturated heterocycles. The van der Waals surface area contributed by atoms with Crippen LogP contribution in [0.1, 0.15) is 60.3 Å². The van der Waals surface area contributed by atoms with Crippen LogP contribution in [0, 0.1) is 19.8 Å². The van der Waals surface area contributed by atoms with Crippen molar-refractivity contribution in [2.45, 2.75) is 58.4 Å². The molecule has 1 unspecified atom stereocenters. The Morgan fingerprint density at radius 2 is 2.04 bits per heavy atom. The van der Waals surface area contributed by atoms with Gasteiger partial charge in [0.05, 0.1) is 11.7 Å². The SMILES string of the molecule is Cc1noc(C)c1C(=O)NC1CC(=O)N(CC2CCCCC2)C1. The van der Waals surface area contributed by atoms with E-state index in [-0.39, 0.29) is 17.9 Å². The highest BCUT2D eigenvalue weighted by molar-refractivity contribution is 5.96. The molecule has 0 radical (unpaired) electrons. The van der Waals surface area contributed by atoms with Gasteiger partial charge in [-0.1, -0.05) is 24.4 Å². The maximum absolute atomic E-state index is 12.4. The minimum Gasteiger partial charge on any atom is -0.361 e. The third-order valence-corrected chi connectivity index (χ3v) is 5.01. The van der Waals surface area contributed by atoms with Crippen LogP contribution >= 0.6 is 0 Å². The van der Waals surface area contributed by atoms with Gasteiger partial charge in [-0.15, -0.1) is 0 Å². The smallest absolute Gasteiger partial charge is 0.257 e. The predicted molar refractivity (Wildman–Crippen MR) is 85.0 cm³/mol. The van der Waals surface area contributed by atoms with Crippen LogP contribution in [0.4, 0.5) is 0 Å². The maximum atomic E-state index is 12.4. The molecule has 6 heteroatoms. The Hall–Kier alpha value is -1.85. The van der Waals surface area contributed by atoms with E-state index < -0.39 is 0 Å². The van der Waals surface area contributed by atoms with Gasteiger partial charge in [-0.05, 0) is 32.6 Å². The Balaban J connectivity index is 1.56. The third kappa shape index (κ3) is 3.57. The number of carbonyl (C=O) groups is 2. The largest absolute Gasteiger partial charge is 0.361 e. The zero-order valence-corrected chi connectivity index (χ0v) is 13.9. The number of aromatic nitrogens is 1. The molecule has 1 aromatic heterocycles. The van der Waals surface area contributed by atoms with Crippen molar-refractivity contribution in [2.24, 2.45) is 5.92 Å². The van der Waals surface area contributed by atoms with Crippen molar-refractivity contribution < 1.29 is 14.1 Å². The minimum atomic E-state index is -0.196. The number of aryl methyl sites for hydroxylation is 2. The van der Waals surface area contributed by atoms with E-state index >= 15 is 0 Å². The molecule has 0 aromatic carbocycles. The molecule has 23 heavy (non-hydrogen) atoms. The zero-order valence-electron chi connectivity index (χ0n) is 13.9. The fourth-order valence-electron chi connectivity index (χ4n) is 3.79. The number of hydrogen-bond acceptors (Lipinski definition) is 4. The summed E-state index contributed by atoms with van der Waals surface area (Å²) in [5.74, 6) is 1.10. The van der Waals surface area contributed by atoms with Crippen LogP contribution in [0.2, 0.25) is 0 Å². The lowest BCUT2D eigenvalue weighted by molar-refractivity contribution is -0.128. The van der Waals surface area contributed by atoms with Gasteiger partial charge in [-0.3, -0.25) is 9.59 Å². The lowest BCUT2D eigenvalue weighted by Crippen LogP contribution is -2.38. The molecule has 2 heterocycles. The molecule has 1 N–H and O–H groups in total. The van der Waals surface area contributed by atoms with E-state index in [1.807, 2.05) is 4.90 Å². The molecular weight excluding hydrogens is 294 g/mol. The summed E-state index contributed by atoms with van der Waals surface area (Å²) in [5, 5.41) is 6.76. The number of amides is 2. The van der Waals surface area contributed by atoms with Crippen LogP contribution in [-0.2, 0) is 4.79 Å². The van der Waals surface area contributed by atoms with Gasteiger partial charge in [0.15, 0.2) is 0 Å². The number of nitrogens with zero attached hydrogens (tertiary/aromatic N) is 2. The van der Waals surface area contributed by atoms with Crippen LogP contribution in [0.25, 0.3) is 0 Å². The third-order valence-electron chi connectivity index (χ3n) is 5.01. The molecule has 1 aromatic rings. The van der Waals surface area contributed by atoms with Gasteiger partial charge in [-0.25, -0.2) is 0 Å². The number of rotatable bonds is 4. The average molecular weight is 319 g/mol. The molecule has 2 aliphatic rings. The first kappa shape index (κ1) is 16.0. The molecular formula is C17H25N3O3. The van der Waals surface area contributed by atoms with Crippen LogP contribution in [0.15, 0.2) is 4.52 Å². The van der Waals surface area contributed by atoms with Crippen molar-refractivity contribution in [3.63, 3.8) is 0 Å². The molecule has 3 rings (SSSR count). The quantitative estimate of drug-likeness (QED) is 0.923. The van der Waals surface area contributed by atoms with Crippen molar-refractivity contribution in [1.82, 2.24) is 15.4 Å². The summed E-state index contributed by atoms with van der Waals surface area (Å²) in [5.41, 5.74) is 1.08. The molecule has 1 aliphatic carbocycles. The first-order valence-electron chi connectivity index (χ1n) is 8.56. The van der Waals surface area contributed by atoms with Gasteiger partial charge in [0.2, 0.25) is 5.91 Å². The average Bonchev–Trinajstić information content (AvgIpc) is 3.03. The van der Waals surface area contributed by atoms with Gasteiger partial charge in [0.25, 0.3) is 5.91 Å².